The van der Waals surface area contributed by atoms with E-state index in [1.165, 1.54) is 0 Å². The summed E-state index contributed by atoms with van der Waals surface area (Å²) in [6.45, 7) is 1.55. The molecule has 0 bridgehead atoms. The second kappa shape index (κ2) is 8.10. The number of hydrogen-bond acceptors (Lipinski definition) is 3. The monoisotopic (exact) mass is 323 g/mol. The van der Waals surface area contributed by atoms with Gasteiger partial charge in [-0.2, -0.15) is 5.10 Å². The van der Waals surface area contributed by atoms with Crippen LogP contribution in [0.25, 0.3) is 5.69 Å². The normalized spacial score (nSPS) is 10.7. The van der Waals surface area contributed by atoms with Crippen molar-refractivity contribution in [2.75, 3.05) is 6.54 Å². The van der Waals surface area contributed by atoms with Crippen LogP contribution in [0.15, 0.2) is 61.4 Å². The van der Waals surface area contributed by atoms with Gasteiger partial charge in [0, 0.05) is 38.1 Å². The largest absolute Gasteiger partial charge is 0.356 e. The lowest BCUT2D eigenvalue weighted by molar-refractivity contribution is -0.121. The van der Waals surface area contributed by atoms with Gasteiger partial charge in [-0.15, -0.1) is 0 Å². The van der Waals surface area contributed by atoms with Crippen molar-refractivity contribution in [2.45, 2.75) is 25.8 Å². The maximum atomic E-state index is 11.9. The number of benzene rings is 1. The minimum atomic E-state index is 0.0769. The molecule has 124 valence electrons. The Bertz CT molecular complexity index is 749. The van der Waals surface area contributed by atoms with E-state index in [-0.39, 0.29) is 5.91 Å². The van der Waals surface area contributed by atoms with E-state index in [4.69, 9.17) is 0 Å². The molecule has 0 spiro atoms. The molecular weight excluding hydrogens is 302 g/mol. The molecule has 6 heteroatoms. The highest BCUT2D eigenvalue weighted by molar-refractivity contribution is 5.76. The van der Waals surface area contributed by atoms with Crippen LogP contribution in [0.3, 0.4) is 0 Å². The van der Waals surface area contributed by atoms with Crippen molar-refractivity contribution in [1.29, 1.82) is 0 Å². The standard InChI is InChI=1S/C18H21N5O/c24-18(20-9-4-11-22-12-10-19-15-22)8-7-16-13-21-23(14-16)17-5-2-1-3-6-17/h1-3,5-6,10,12-15H,4,7-9,11H2,(H,20,24). The van der Waals surface area contributed by atoms with Gasteiger partial charge in [0.2, 0.25) is 5.91 Å². The predicted molar refractivity (Wildman–Crippen MR) is 91.7 cm³/mol. The first kappa shape index (κ1) is 16.0. The Kier molecular flexibility index (Phi) is 5.40. The Morgan fingerprint density at radius 1 is 1.21 bits per heavy atom. The van der Waals surface area contributed by atoms with Crippen molar-refractivity contribution in [1.82, 2.24) is 24.6 Å². The van der Waals surface area contributed by atoms with E-state index in [0.717, 1.165) is 24.2 Å². The lowest BCUT2D eigenvalue weighted by Gasteiger charge is -2.05. The first-order valence-electron chi connectivity index (χ1n) is 8.13. The van der Waals surface area contributed by atoms with Crippen molar-refractivity contribution >= 4 is 5.91 Å². The third-order valence-corrected chi connectivity index (χ3v) is 3.77. The topological polar surface area (TPSA) is 64.7 Å². The summed E-state index contributed by atoms with van der Waals surface area (Å²) in [5.41, 5.74) is 2.08. The number of amides is 1. The number of carbonyl (C=O) groups excluding carboxylic acids is 1. The molecule has 3 rings (SSSR count). The number of nitrogens with one attached hydrogen (secondary N) is 1. The number of aryl methyl sites for hydroxylation is 2. The highest BCUT2D eigenvalue weighted by Gasteiger charge is 2.05. The number of rotatable bonds is 8. The quantitative estimate of drug-likeness (QED) is 0.646. The lowest BCUT2D eigenvalue weighted by atomic mass is 10.2. The summed E-state index contributed by atoms with van der Waals surface area (Å²) in [4.78, 5) is 15.9. The van der Waals surface area contributed by atoms with E-state index in [1.807, 2.05) is 58.2 Å². The van der Waals surface area contributed by atoms with Crippen LogP contribution in [-0.4, -0.2) is 31.8 Å². The van der Waals surface area contributed by atoms with E-state index in [9.17, 15) is 4.79 Å². The molecule has 0 radical (unpaired) electrons. The second-order valence-electron chi connectivity index (χ2n) is 5.63. The highest BCUT2D eigenvalue weighted by Crippen LogP contribution is 2.09. The fourth-order valence-corrected chi connectivity index (χ4v) is 2.47. The minimum absolute atomic E-state index is 0.0769. The van der Waals surface area contributed by atoms with Gasteiger partial charge in [-0.05, 0) is 30.5 Å². The molecule has 0 aliphatic heterocycles. The number of hydrogen-bond donors (Lipinski definition) is 1. The van der Waals surface area contributed by atoms with Crippen molar-refractivity contribution in [3.05, 3.63) is 67.0 Å². The molecule has 6 nitrogen and oxygen atoms in total. The van der Waals surface area contributed by atoms with Crippen LogP contribution >= 0.6 is 0 Å². The van der Waals surface area contributed by atoms with Crippen LogP contribution in [0.5, 0.6) is 0 Å². The van der Waals surface area contributed by atoms with E-state index in [0.29, 0.717) is 19.4 Å². The zero-order chi connectivity index (χ0) is 16.6. The van der Waals surface area contributed by atoms with E-state index in [1.54, 1.807) is 12.5 Å². The molecule has 2 aromatic heterocycles. The highest BCUT2D eigenvalue weighted by atomic mass is 16.1. The van der Waals surface area contributed by atoms with Crippen molar-refractivity contribution in [2.24, 2.45) is 0 Å². The lowest BCUT2D eigenvalue weighted by Crippen LogP contribution is -2.25. The Labute approximate surface area is 141 Å². The summed E-state index contributed by atoms with van der Waals surface area (Å²) in [7, 11) is 0. The first-order chi connectivity index (χ1) is 11.8. The average molecular weight is 323 g/mol. The van der Waals surface area contributed by atoms with Gasteiger partial charge in [-0.25, -0.2) is 9.67 Å². The average Bonchev–Trinajstić information content (AvgIpc) is 3.29. The van der Waals surface area contributed by atoms with Gasteiger partial charge in [-0.1, -0.05) is 18.2 Å². The van der Waals surface area contributed by atoms with Gasteiger partial charge in [0.15, 0.2) is 0 Å². The third kappa shape index (κ3) is 4.55. The van der Waals surface area contributed by atoms with Gasteiger partial charge < -0.3 is 9.88 Å². The van der Waals surface area contributed by atoms with Crippen LogP contribution in [0.1, 0.15) is 18.4 Å². The molecule has 1 aromatic carbocycles. The van der Waals surface area contributed by atoms with Gasteiger partial charge in [0.25, 0.3) is 0 Å². The molecule has 0 atom stereocenters. The van der Waals surface area contributed by atoms with Gasteiger partial charge >= 0.3 is 0 Å². The van der Waals surface area contributed by atoms with Crippen molar-refractivity contribution in [3.63, 3.8) is 0 Å². The molecule has 0 aliphatic carbocycles. The van der Waals surface area contributed by atoms with Crippen LogP contribution in [-0.2, 0) is 17.8 Å². The molecule has 24 heavy (non-hydrogen) atoms. The Balaban J connectivity index is 1.38. The molecule has 0 unspecified atom stereocenters. The number of aromatic nitrogens is 4. The zero-order valence-electron chi connectivity index (χ0n) is 13.5. The summed E-state index contributed by atoms with van der Waals surface area (Å²) in [6, 6.07) is 9.94. The smallest absolute Gasteiger partial charge is 0.220 e. The Hall–Kier alpha value is -2.89. The number of imidazole rings is 1. The summed E-state index contributed by atoms with van der Waals surface area (Å²) < 4.78 is 3.84. The number of carbonyl (C=O) groups is 1. The molecule has 0 fully saturated rings. The van der Waals surface area contributed by atoms with Crippen LogP contribution in [0.2, 0.25) is 0 Å². The summed E-state index contributed by atoms with van der Waals surface area (Å²) in [5.74, 6) is 0.0769. The van der Waals surface area contributed by atoms with Gasteiger partial charge in [-0.3, -0.25) is 4.79 Å². The maximum Gasteiger partial charge on any atom is 0.220 e. The zero-order valence-corrected chi connectivity index (χ0v) is 13.5. The van der Waals surface area contributed by atoms with Gasteiger partial charge in [0.1, 0.15) is 0 Å². The fraction of sp³-hybridized carbons (Fsp3) is 0.278. The second-order valence-corrected chi connectivity index (χ2v) is 5.63. The molecule has 1 N–H and O–H groups in total. The summed E-state index contributed by atoms with van der Waals surface area (Å²) in [6.07, 6.45) is 11.3. The molecule has 0 aliphatic rings. The van der Waals surface area contributed by atoms with Crippen molar-refractivity contribution < 1.29 is 4.79 Å². The number of nitrogens with zero attached hydrogens (tertiary/aromatic N) is 4. The molecule has 1 amide bonds. The third-order valence-electron chi connectivity index (χ3n) is 3.77. The molecule has 0 saturated carbocycles. The Morgan fingerprint density at radius 3 is 2.88 bits per heavy atom. The van der Waals surface area contributed by atoms with E-state index < -0.39 is 0 Å². The van der Waals surface area contributed by atoms with Crippen molar-refractivity contribution in [3.8, 4) is 5.69 Å². The van der Waals surface area contributed by atoms with Gasteiger partial charge in [0.05, 0.1) is 18.2 Å². The molecular formula is C18H21N5O. The first-order valence-corrected chi connectivity index (χ1v) is 8.13. The predicted octanol–water partition coefficient (Wildman–Crippen LogP) is 2.21. The Morgan fingerprint density at radius 2 is 2.08 bits per heavy atom. The molecule has 0 saturated heterocycles. The van der Waals surface area contributed by atoms with Crippen LogP contribution < -0.4 is 5.32 Å². The number of para-hydroxylation sites is 1. The maximum absolute atomic E-state index is 11.9. The minimum Gasteiger partial charge on any atom is -0.356 e. The van der Waals surface area contributed by atoms with E-state index in [2.05, 4.69) is 15.4 Å². The SMILES string of the molecule is O=C(CCc1cnn(-c2ccccc2)c1)NCCCn1ccnc1. The molecule has 2 heterocycles. The van der Waals surface area contributed by atoms with Crippen LogP contribution in [0.4, 0.5) is 0 Å². The molecule has 3 aromatic rings. The van der Waals surface area contributed by atoms with Crippen LogP contribution in [0, 0.1) is 0 Å². The fourth-order valence-electron chi connectivity index (χ4n) is 2.47. The summed E-state index contributed by atoms with van der Waals surface area (Å²) >= 11 is 0. The summed E-state index contributed by atoms with van der Waals surface area (Å²) in [5, 5.41) is 7.30. The van der Waals surface area contributed by atoms with E-state index >= 15 is 0 Å².